The lowest BCUT2D eigenvalue weighted by Gasteiger charge is -2.21. The van der Waals surface area contributed by atoms with Crippen LogP contribution in [-0.2, 0) is 25.9 Å². The molecule has 0 aliphatic rings. The Labute approximate surface area is 174 Å². The molecule has 29 heavy (non-hydrogen) atoms. The fourth-order valence-electron chi connectivity index (χ4n) is 4.04. The Kier molecular flexibility index (Phi) is 6.81. The van der Waals surface area contributed by atoms with Crippen LogP contribution in [0.5, 0.6) is 0 Å². The second-order valence-electron chi connectivity index (χ2n) is 7.81. The summed E-state index contributed by atoms with van der Waals surface area (Å²) in [5.41, 5.74) is 9.28. The van der Waals surface area contributed by atoms with Crippen molar-refractivity contribution in [1.29, 1.82) is 0 Å². The van der Waals surface area contributed by atoms with Crippen LogP contribution >= 0.6 is 0 Å². The molecular formula is C26H31FN2. The minimum atomic E-state index is -0.149. The van der Waals surface area contributed by atoms with Gasteiger partial charge in [-0.3, -0.25) is 9.88 Å². The van der Waals surface area contributed by atoms with Crippen LogP contribution in [0.2, 0.25) is 0 Å². The molecule has 1 heterocycles. The van der Waals surface area contributed by atoms with Gasteiger partial charge in [-0.05, 0) is 68.1 Å². The molecule has 0 spiro atoms. The molecule has 0 atom stereocenters. The molecule has 0 aliphatic heterocycles. The van der Waals surface area contributed by atoms with Gasteiger partial charge in [0.15, 0.2) is 0 Å². The maximum Gasteiger partial charge on any atom is 0.127 e. The van der Waals surface area contributed by atoms with Crippen molar-refractivity contribution in [3.05, 3.63) is 87.9 Å². The minimum absolute atomic E-state index is 0.149. The monoisotopic (exact) mass is 390 g/mol. The smallest absolute Gasteiger partial charge is 0.127 e. The molecule has 0 unspecified atom stereocenters. The Balaban J connectivity index is 1.90. The first-order chi connectivity index (χ1) is 13.9. The van der Waals surface area contributed by atoms with Gasteiger partial charge < -0.3 is 0 Å². The van der Waals surface area contributed by atoms with E-state index in [-0.39, 0.29) is 5.82 Å². The van der Waals surface area contributed by atoms with E-state index in [1.807, 2.05) is 19.2 Å². The molecule has 3 aromatic rings. The lowest BCUT2D eigenvalue weighted by atomic mass is 9.93. The Morgan fingerprint density at radius 1 is 0.862 bits per heavy atom. The molecular weight excluding hydrogens is 359 g/mol. The van der Waals surface area contributed by atoms with Crippen LogP contribution in [0.1, 0.15) is 47.4 Å². The van der Waals surface area contributed by atoms with Gasteiger partial charge in [0.2, 0.25) is 0 Å². The van der Waals surface area contributed by atoms with Crippen LogP contribution in [0.15, 0.2) is 48.5 Å². The summed E-state index contributed by atoms with van der Waals surface area (Å²) >= 11 is 0. The van der Waals surface area contributed by atoms with Gasteiger partial charge in [0, 0.05) is 29.9 Å². The summed E-state index contributed by atoms with van der Waals surface area (Å²) in [5, 5.41) is 0. The molecule has 0 aliphatic carbocycles. The first-order valence-electron chi connectivity index (χ1n) is 10.4. The molecule has 3 rings (SSSR count). The molecule has 3 heteroatoms. The number of pyridine rings is 1. The number of benzene rings is 2. The molecule has 0 saturated carbocycles. The summed E-state index contributed by atoms with van der Waals surface area (Å²) in [4.78, 5) is 7.14. The summed E-state index contributed by atoms with van der Waals surface area (Å²) < 4.78 is 14.0. The van der Waals surface area contributed by atoms with E-state index in [2.05, 4.69) is 56.9 Å². The molecule has 0 amide bonds. The van der Waals surface area contributed by atoms with Crippen LogP contribution < -0.4 is 0 Å². The van der Waals surface area contributed by atoms with Crippen LogP contribution in [0.25, 0.3) is 11.3 Å². The molecule has 0 radical (unpaired) electrons. The molecule has 2 nitrogen and oxygen atoms in total. The lowest BCUT2D eigenvalue weighted by Crippen LogP contribution is -2.19. The number of hydrogen-bond donors (Lipinski definition) is 0. The molecule has 0 bridgehead atoms. The van der Waals surface area contributed by atoms with Crippen molar-refractivity contribution in [3.63, 3.8) is 0 Å². The Morgan fingerprint density at radius 2 is 1.48 bits per heavy atom. The average Bonchev–Trinajstić information content (AvgIpc) is 2.71. The summed E-state index contributed by atoms with van der Waals surface area (Å²) in [6.07, 6.45) is 1.99. The van der Waals surface area contributed by atoms with Crippen molar-refractivity contribution in [2.45, 2.75) is 53.6 Å². The number of aromatic nitrogens is 1. The van der Waals surface area contributed by atoms with Gasteiger partial charge in [0.25, 0.3) is 0 Å². The summed E-state index contributed by atoms with van der Waals surface area (Å²) in [6.45, 7) is 9.96. The molecule has 0 N–H and O–H groups in total. The largest absolute Gasteiger partial charge is 0.298 e. The fraction of sp³-hybridized carbons (Fsp3) is 0.346. The second-order valence-corrected chi connectivity index (χ2v) is 7.81. The Bertz CT molecular complexity index is 948. The topological polar surface area (TPSA) is 16.1 Å². The zero-order valence-corrected chi connectivity index (χ0v) is 18.2. The molecule has 1 aromatic heterocycles. The van der Waals surface area contributed by atoms with E-state index < -0.39 is 0 Å². The summed E-state index contributed by atoms with van der Waals surface area (Å²) in [7, 11) is 2.03. The first kappa shape index (κ1) is 21.2. The van der Waals surface area contributed by atoms with E-state index in [0.717, 1.165) is 36.3 Å². The molecule has 2 aromatic carbocycles. The van der Waals surface area contributed by atoms with Gasteiger partial charge in [0.1, 0.15) is 5.82 Å². The van der Waals surface area contributed by atoms with E-state index in [0.29, 0.717) is 6.54 Å². The number of nitrogens with zero attached hydrogens (tertiary/aromatic N) is 2. The third-order valence-corrected chi connectivity index (χ3v) is 5.64. The summed E-state index contributed by atoms with van der Waals surface area (Å²) in [5.74, 6) is -0.149. The van der Waals surface area contributed by atoms with Crippen LogP contribution in [-0.4, -0.2) is 16.9 Å². The third-order valence-electron chi connectivity index (χ3n) is 5.64. The van der Waals surface area contributed by atoms with Crippen LogP contribution in [0.3, 0.4) is 0 Å². The van der Waals surface area contributed by atoms with E-state index >= 15 is 0 Å². The normalized spacial score (nSPS) is 11.3. The van der Waals surface area contributed by atoms with Crippen LogP contribution in [0, 0.1) is 19.7 Å². The predicted molar refractivity (Wildman–Crippen MR) is 119 cm³/mol. The third kappa shape index (κ3) is 4.73. The van der Waals surface area contributed by atoms with E-state index in [9.17, 15) is 4.39 Å². The second kappa shape index (κ2) is 9.32. The number of halogens is 1. The molecule has 0 saturated heterocycles. The van der Waals surface area contributed by atoms with E-state index in [1.165, 1.54) is 33.9 Å². The highest BCUT2D eigenvalue weighted by atomic mass is 19.1. The lowest BCUT2D eigenvalue weighted by molar-refractivity contribution is 0.312. The minimum Gasteiger partial charge on any atom is -0.298 e. The van der Waals surface area contributed by atoms with Crippen molar-refractivity contribution in [3.8, 4) is 11.3 Å². The van der Waals surface area contributed by atoms with Gasteiger partial charge in [-0.2, -0.15) is 0 Å². The van der Waals surface area contributed by atoms with E-state index in [1.54, 1.807) is 6.07 Å². The highest BCUT2D eigenvalue weighted by molar-refractivity contribution is 5.69. The molecule has 0 fully saturated rings. The first-order valence-corrected chi connectivity index (χ1v) is 10.4. The average molecular weight is 391 g/mol. The number of rotatable bonds is 7. The standard InChI is InChI=1S/C26H31FN2/c1-6-20-12-10-13-21(7-2)26(20)25-15-18(3)23(19(4)28-25)17-29(5)16-22-11-8-9-14-24(22)27/h8-15H,6-7,16-17H2,1-5H3. The zero-order chi connectivity index (χ0) is 21.0. The zero-order valence-electron chi connectivity index (χ0n) is 18.2. The summed E-state index contributed by atoms with van der Waals surface area (Å²) in [6, 6.07) is 15.8. The Morgan fingerprint density at radius 3 is 2.07 bits per heavy atom. The van der Waals surface area contributed by atoms with Gasteiger partial charge >= 0.3 is 0 Å². The van der Waals surface area contributed by atoms with Gasteiger partial charge in [-0.1, -0.05) is 50.2 Å². The van der Waals surface area contributed by atoms with Crippen molar-refractivity contribution < 1.29 is 4.39 Å². The quantitative estimate of drug-likeness (QED) is 0.473. The highest BCUT2D eigenvalue weighted by Gasteiger charge is 2.15. The molecule has 152 valence electrons. The van der Waals surface area contributed by atoms with Crippen molar-refractivity contribution in [1.82, 2.24) is 9.88 Å². The SMILES string of the molecule is CCc1cccc(CC)c1-c1cc(C)c(CN(C)Cc2ccccc2F)c(C)n1. The van der Waals surface area contributed by atoms with Crippen LogP contribution in [0.4, 0.5) is 4.39 Å². The van der Waals surface area contributed by atoms with Gasteiger partial charge in [-0.25, -0.2) is 4.39 Å². The Hall–Kier alpha value is -2.52. The van der Waals surface area contributed by atoms with Gasteiger partial charge in [0.05, 0.1) is 5.69 Å². The van der Waals surface area contributed by atoms with E-state index in [4.69, 9.17) is 4.98 Å². The van der Waals surface area contributed by atoms with Crippen molar-refractivity contribution in [2.75, 3.05) is 7.05 Å². The van der Waals surface area contributed by atoms with Crippen molar-refractivity contribution in [2.24, 2.45) is 0 Å². The maximum atomic E-state index is 14.0. The fourth-order valence-corrected chi connectivity index (χ4v) is 4.04. The number of aryl methyl sites for hydroxylation is 4. The highest BCUT2D eigenvalue weighted by Crippen LogP contribution is 2.30. The van der Waals surface area contributed by atoms with Crippen molar-refractivity contribution >= 4 is 0 Å². The number of hydrogen-bond acceptors (Lipinski definition) is 2. The van der Waals surface area contributed by atoms with Gasteiger partial charge in [-0.15, -0.1) is 0 Å². The predicted octanol–water partition coefficient (Wildman–Crippen LogP) is 6.26. The maximum absolute atomic E-state index is 14.0.